The minimum absolute atomic E-state index is 0.0886. The molecule has 0 aromatic heterocycles. The van der Waals surface area contributed by atoms with Gasteiger partial charge < -0.3 is 14.8 Å². The number of carbonyl (C=O) groups excluding carboxylic acids is 2. The molecule has 9 nitrogen and oxygen atoms in total. The summed E-state index contributed by atoms with van der Waals surface area (Å²) in [5, 5.41) is 23.4. The number of nitro benzene ring substituents is 1. The first-order valence-electron chi connectivity index (χ1n) is 10.3. The first kappa shape index (κ1) is 26.2. The molecule has 0 atom stereocenters. The highest BCUT2D eigenvalue weighted by molar-refractivity contribution is 6.32. The standard InChI is InChI=1S/C25H17Cl2N3O6/c1-2-35-23-12-15(3-10-22(23)36-25(32)16-4-6-18(26)7-5-16)11-17(14-28)24(31)29-19-8-9-20(27)21(13-19)30(33)34/h3-13H,2H2,1H3,(H,29,31)/b17-11+. The van der Waals surface area contributed by atoms with Gasteiger partial charge in [0.25, 0.3) is 11.6 Å². The molecule has 0 heterocycles. The molecule has 182 valence electrons. The Bertz CT molecular complexity index is 1400. The summed E-state index contributed by atoms with van der Waals surface area (Å²) in [5.41, 5.74) is 0.134. The van der Waals surface area contributed by atoms with E-state index in [9.17, 15) is 25.0 Å². The van der Waals surface area contributed by atoms with Crippen LogP contribution in [0.2, 0.25) is 10.0 Å². The van der Waals surface area contributed by atoms with Crippen LogP contribution in [0.1, 0.15) is 22.8 Å². The van der Waals surface area contributed by atoms with E-state index in [0.29, 0.717) is 10.6 Å². The van der Waals surface area contributed by atoms with Crippen LogP contribution in [-0.2, 0) is 4.79 Å². The van der Waals surface area contributed by atoms with E-state index in [4.69, 9.17) is 32.7 Å². The number of benzene rings is 3. The Labute approximate surface area is 215 Å². The highest BCUT2D eigenvalue weighted by atomic mass is 35.5. The predicted octanol–water partition coefficient (Wildman–Crippen LogP) is 6.07. The van der Waals surface area contributed by atoms with E-state index in [1.54, 1.807) is 25.1 Å². The number of nitriles is 1. The maximum absolute atomic E-state index is 12.6. The number of rotatable bonds is 8. The van der Waals surface area contributed by atoms with Gasteiger partial charge >= 0.3 is 5.97 Å². The molecule has 11 heteroatoms. The Morgan fingerprint density at radius 2 is 1.81 bits per heavy atom. The summed E-state index contributed by atoms with van der Waals surface area (Å²) in [6, 6.07) is 16.2. The molecule has 0 radical (unpaired) electrons. The number of hydrogen-bond donors (Lipinski definition) is 1. The molecule has 1 N–H and O–H groups in total. The SMILES string of the molecule is CCOc1cc(/C=C(\C#N)C(=O)Nc2ccc(Cl)c([N+](=O)[O-])c2)ccc1OC(=O)c1ccc(Cl)cc1. The first-order valence-corrected chi connectivity index (χ1v) is 11.1. The summed E-state index contributed by atoms with van der Waals surface area (Å²) in [6.07, 6.45) is 1.30. The third-order valence-electron chi connectivity index (χ3n) is 4.63. The maximum Gasteiger partial charge on any atom is 0.343 e. The number of halogens is 2. The molecule has 3 aromatic rings. The Balaban J connectivity index is 1.83. The molecule has 0 bridgehead atoms. The van der Waals surface area contributed by atoms with Gasteiger partial charge in [-0.3, -0.25) is 14.9 Å². The smallest absolute Gasteiger partial charge is 0.343 e. The summed E-state index contributed by atoms with van der Waals surface area (Å²) in [4.78, 5) is 35.4. The highest BCUT2D eigenvalue weighted by Gasteiger charge is 2.17. The van der Waals surface area contributed by atoms with Gasteiger partial charge in [0.05, 0.1) is 17.1 Å². The second-order valence-corrected chi connectivity index (χ2v) is 7.93. The van der Waals surface area contributed by atoms with Gasteiger partial charge in [-0.05, 0) is 67.1 Å². The van der Waals surface area contributed by atoms with Crippen molar-refractivity contribution in [3.8, 4) is 17.6 Å². The average Bonchev–Trinajstić information content (AvgIpc) is 2.85. The number of hydrogen-bond acceptors (Lipinski definition) is 7. The van der Waals surface area contributed by atoms with Crippen LogP contribution in [0.15, 0.2) is 66.2 Å². The van der Waals surface area contributed by atoms with Crippen molar-refractivity contribution in [1.29, 1.82) is 5.26 Å². The topological polar surface area (TPSA) is 132 Å². The first-order chi connectivity index (χ1) is 17.2. The molecule has 36 heavy (non-hydrogen) atoms. The average molecular weight is 526 g/mol. The lowest BCUT2D eigenvalue weighted by Crippen LogP contribution is -2.13. The lowest BCUT2D eigenvalue weighted by atomic mass is 10.1. The van der Waals surface area contributed by atoms with Crippen LogP contribution in [-0.4, -0.2) is 23.4 Å². The van der Waals surface area contributed by atoms with E-state index >= 15 is 0 Å². The number of amides is 1. The number of carbonyl (C=O) groups is 2. The van der Waals surface area contributed by atoms with Crippen LogP contribution in [0.5, 0.6) is 11.5 Å². The molecule has 3 aromatic carbocycles. The summed E-state index contributed by atoms with van der Waals surface area (Å²) >= 11 is 11.6. The number of nitro groups is 1. The van der Waals surface area contributed by atoms with Crippen molar-refractivity contribution < 1.29 is 24.0 Å². The monoisotopic (exact) mass is 525 g/mol. The second-order valence-electron chi connectivity index (χ2n) is 7.08. The Hall–Kier alpha value is -4.39. The molecular weight excluding hydrogens is 509 g/mol. The maximum atomic E-state index is 12.6. The molecule has 3 rings (SSSR count). The summed E-state index contributed by atoms with van der Waals surface area (Å²) in [5.74, 6) is -1.04. The fourth-order valence-corrected chi connectivity index (χ4v) is 3.27. The number of nitrogens with zero attached hydrogens (tertiary/aromatic N) is 2. The van der Waals surface area contributed by atoms with Crippen LogP contribution >= 0.6 is 23.2 Å². The summed E-state index contributed by atoms with van der Waals surface area (Å²) in [7, 11) is 0. The zero-order valence-electron chi connectivity index (χ0n) is 18.7. The van der Waals surface area contributed by atoms with Gasteiger partial charge in [-0.15, -0.1) is 0 Å². The molecular formula is C25H17Cl2N3O6. The summed E-state index contributed by atoms with van der Waals surface area (Å²) < 4.78 is 11.0. The third-order valence-corrected chi connectivity index (χ3v) is 5.20. The van der Waals surface area contributed by atoms with Crippen molar-refractivity contribution in [2.45, 2.75) is 6.92 Å². The van der Waals surface area contributed by atoms with Gasteiger partial charge in [0.15, 0.2) is 11.5 Å². The van der Waals surface area contributed by atoms with Gasteiger partial charge in [0.1, 0.15) is 16.7 Å². The zero-order valence-corrected chi connectivity index (χ0v) is 20.2. The van der Waals surface area contributed by atoms with E-state index in [1.165, 1.54) is 48.5 Å². The summed E-state index contributed by atoms with van der Waals surface area (Å²) in [6.45, 7) is 2.01. The van der Waals surface area contributed by atoms with Crippen LogP contribution in [0.25, 0.3) is 6.08 Å². The van der Waals surface area contributed by atoms with E-state index < -0.39 is 16.8 Å². The van der Waals surface area contributed by atoms with Crippen molar-refractivity contribution in [2.75, 3.05) is 11.9 Å². The van der Waals surface area contributed by atoms with Crippen molar-refractivity contribution in [3.05, 3.63) is 97.5 Å². The number of anilines is 1. The van der Waals surface area contributed by atoms with Gasteiger partial charge in [-0.2, -0.15) is 5.26 Å². The normalized spacial score (nSPS) is 10.8. The van der Waals surface area contributed by atoms with E-state index in [-0.39, 0.29) is 45.6 Å². The zero-order chi connectivity index (χ0) is 26.2. The minimum atomic E-state index is -0.787. The van der Waals surface area contributed by atoms with Crippen molar-refractivity contribution >= 4 is 52.5 Å². The van der Waals surface area contributed by atoms with Crippen LogP contribution in [0, 0.1) is 21.4 Å². The Kier molecular flexibility index (Phi) is 8.62. The molecule has 1 amide bonds. The lowest BCUT2D eigenvalue weighted by molar-refractivity contribution is -0.384. The molecule has 0 aliphatic rings. The van der Waals surface area contributed by atoms with Crippen molar-refractivity contribution in [3.63, 3.8) is 0 Å². The minimum Gasteiger partial charge on any atom is -0.490 e. The fraction of sp³-hybridized carbons (Fsp3) is 0.0800. The van der Waals surface area contributed by atoms with E-state index in [2.05, 4.69) is 5.32 Å². The molecule has 0 saturated carbocycles. The molecule has 0 fully saturated rings. The van der Waals surface area contributed by atoms with Crippen molar-refractivity contribution in [1.82, 2.24) is 0 Å². The highest BCUT2D eigenvalue weighted by Crippen LogP contribution is 2.31. The lowest BCUT2D eigenvalue weighted by Gasteiger charge is -2.12. The van der Waals surface area contributed by atoms with Crippen LogP contribution in [0.4, 0.5) is 11.4 Å². The number of ether oxygens (including phenoxy) is 2. The van der Waals surface area contributed by atoms with Crippen molar-refractivity contribution in [2.24, 2.45) is 0 Å². The quantitative estimate of drug-likeness (QED) is 0.0942. The third kappa shape index (κ3) is 6.60. The van der Waals surface area contributed by atoms with Crippen LogP contribution < -0.4 is 14.8 Å². The Morgan fingerprint density at radius 3 is 2.44 bits per heavy atom. The van der Waals surface area contributed by atoms with Crippen LogP contribution in [0.3, 0.4) is 0 Å². The molecule has 0 saturated heterocycles. The number of nitrogens with one attached hydrogen (secondary N) is 1. The predicted molar refractivity (Wildman–Crippen MR) is 134 cm³/mol. The van der Waals surface area contributed by atoms with Gasteiger partial charge in [-0.1, -0.05) is 29.3 Å². The largest absolute Gasteiger partial charge is 0.490 e. The molecule has 0 spiro atoms. The fourth-order valence-electron chi connectivity index (χ4n) is 2.96. The molecule has 0 aliphatic carbocycles. The number of esters is 1. The van der Waals surface area contributed by atoms with E-state index in [1.807, 2.05) is 0 Å². The Morgan fingerprint density at radius 1 is 1.08 bits per heavy atom. The van der Waals surface area contributed by atoms with E-state index in [0.717, 1.165) is 6.07 Å². The molecule has 0 aliphatic heterocycles. The van der Waals surface area contributed by atoms with Gasteiger partial charge in [-0.25, -0.2) is 4.79 Å². The van der Waals surface area contributed by atoms with Gasteiger partial charge in [0.2, 0.25) is 0 Å². The second kappa shape index (κ2) is 11.8. The molecule has 0 unspecified atom stereocenters. The van der Waals surface area contributed by atoms with Gasteiger partial charge in [0, 0.05) is 16.8 Å².